The average molecular weight is 292 g/mol. The molecule has 0 amide bonds. The lowest BCUT2D eigenvalue weighted by Gasteiger charge is -2.03. The van der Waals surface area contributed by atoms with Crippen molar-refractivity contribution in [2.45, 2.75) is 6.42 Å². The highest BCUT2D eigenvalue weighted by Gasteiger charge is 2.02. The number of hydrogen-bond acceptors (Lipinski definition) is 1. The number of aldehydes is 1. The first-order valence-corrected chi connectivity index (χ1v) is 5.49. The number of benzene rings is 1. The van der Waals surface area contributed by atoms with Gasteiger partial charge in [0, 0.05) is 15.4 Å². The summed E-state index contributed by atoms with van der Waals surface area (Å²) in [5.74, 6) is 0. The third kappa shape index (κ3) is 2.17. The standard InChI is InChI=1S/C9H8Br2O/c10-5-4-7-2-1-3-8(6-12)9(7)11/h1-3,6H,4-5H2. The van der Waals surface area contributed by atoms with Gasteiger partial charge in [-0.25, -0.2) is 0 Å². The van der Waals surface area contributed by atoms with Crippen LogP contribution >= 0.6 is 31.9 Å². The van der Waals surface area contributed by atoms with Gasteiger partial charge >= 0.3 is 0 Å². The van der Waals surface area contributed by atoms with Crippen molar-refractivity contribution in [2.24, 2.45) is 0 Å². The molecule has 1 aromatic rings. The minimum Gasteiger partial charge on any atom is -0.298 e. The summed E-state index contributed by atoms with van der Waals surface area (Å²) in [5.41, 5.74) is 1.88. The highest BCUT2D eigenvalue weighted by atomic mass is 79.9. The number of alkyl halides is 1. The van der Waals surface area contributed by atoms with Gasteiger partial charge in [0.05, 0.1) is 0 Å². The van der Waals surface area contributed by atoms with E-state index in [0.717, 1.165) is 28.1 Å². The molecular weight excluding hydrogens is 284 g/mol. The van der Waals surface area contributed by atoms with E-state index >= 15 is 0 Å². The molecular formula is C9H8Br2O. The summed E-state index contributed by atoms with van der Waals surface area (Å²) in [6.07, 6.45) is 1.80. The van der Waals surface area contributed by atoms with E-state index in [-0.39, 0.29) is 0 Å². The minimum atomic E-state index is 0.716. The number of aryl methyl sites for hydroxylation is 1. The van der Waals surface area contributed by atoms with Crippen LogP contribution in [0.25, 0.3) is 0 Å². The quantitative estimate of drug-likeness (QED) is 0.617. The van der Waals surface area contributed by atoms with Crippen LogP contribution in [-0.4, -0.2) is 11.6 Å². The first-order chi connectivity index (χ1) is 5.79. The van der Waals surface area contributed by atoms with Gasteiger partial charge in [-0.1, -0.05) is 34.1 Å². The predicted octanol–water partition coefficient (Wildman–Crippen LogP) is 3.20. The van der Waals surface area contributed by atoms with Gasteiger partial charge in [-0.3, -0.25) is 4.79 Å². The Hall–Kier alpha value is -0.150. The summed E-state index contributed by atoms with van der Waals surface area (Å²) in [6.45, 7) is 0. The Labute approximate surface area is 88.4 Å². The molecule has 0 aliphatic rings. The number of rotatable bonds is 3. The third-order valence-corrected chi connectivity index (χ3v) is 2.96. The Kier molecular flexibility index (Phi) is 3.95. The zero-order chi connectivity index (χ0) is 8.97. The Morgan fingerprint density at radius 2 is 2.17 bits per heavy atom. The first kappa shape index (κ1) is 9.93. The SMILES string of the molecule is O=Cc1cccc(CCBr)c1Br. The lowest BCUT2D eigenvalue weighted by atomic mass is 10.1. The number of halogens is 2. The largest absolute Gasteiger partial charge is 0.298 e. The van der Waals surface area contributed by atoms with Crippen molar-refractivity contribution in [3.05, 3.63) is 33.8 Å². The second-order valence-corrected chi connectivity index (χ2v) is 3.96. The molecule has 12 heavy (non-hydrogen) atoms. The minimum absolute atomic E-state index is 0.716. The molecule has 0 unspecified atom stereocenters. The maximum absolute atomic E-state index is 10.5. The molecule has 0 bridgehead atoms. The molecule has 0 spiro atoms. The van der Waals surface area contributed by atoms with Crippen LogP contribution in [0, 0.1) is 0 Å². The maximum atomic E-state index is 10.5. The molecule has 0 radical (unpaired) electrons. The van der Waals surface area contributed by atoms with Crippen molar-refractivity contribution >= 4 is 38.1 Å². The molecule has 0 aliphatic carbocycles. The number of carbonyl (C=O) groups is 1. The number of carbonyl (C=O) groups excluding carboxylic acids is 1. The molecule has 0 heterocycles. The van der Waals surface area contributed by atoms with E-state index in [0.29, 0.717) is 5.56 Å². The van der Waals surface area contributed by atoms with Crippen LogP contribution in [0.1, 0.15) is 15.9 Å². The summed E-state index contributed by atoms with van der Waals surface area (Å²) >= 11 is 6.75. The molecule has 0 aliphatic heterocycles. The van der Waals surface area contributed by atoms with Crippen molar-refractivity contribution in [3.63, 3.8) is 0 Å². The van der Waals surface area contributed by atoms with Gasteiger partial charge in [0.15, 0.2) is 6.29 Å². The molecule has 3 heteroatoms. The zero-order valence-corrected chi connectivity index (χ0v) is 9.56. The fraction of sp³-hybridized carbons (Fsp3) is 0.222. The van der Waals surface area contributed by atoms with E-state index in [1.807, 2.05) is 12.1 Å². The molecule has 0 atom stereocenters. The number of hydrogen-bond donors (Lipinski definition) is 0. The highest BCUT2D eigenvalue weighted by Crippen LogP contribution is 2.21. The Morgan fingerprint density at radius 3 is 2.75 bits per heavy atom. The summed E-state index contributed by atoms with van der Waals surface area (Å²) in [7, 11) is 0. The van der Waals surface area contributed by atoms with Gasteiger partial charge in [0.1, 0.15) is 0 Å². The van der Waals surface area contributed by atoms with Crippen molar-refractivity contribution in [2.75, 3.05) is 5.33 Å². The molecule has 64 valence electrons. The van der Waals surface area contributed by atoms with Crippen molar-refractivity contribution < 1.29 is 4.79 Å². The van der Waals surface area contributed by atoms with Crippen LogP contribution in [-0.2, 0) is 6.42 Å². The summed E-state index contributed by atoms with van der Waals surface area (Å²) in [5, 5.41) is 0.911. The van der Waals surface area contributed by atoms with Crippen LogP contribution in [0.4, 0.5) is 0 Å². The van der Waals surface area contributed by atoms with Gasteiger partial charge < -0.3 is 0 Å². The van der Waals surface area contributed by atoms with E-state index in [9.17, 15) is 4.79 Å². The average Bonchev–Trinajstić information content (AvgIpc) is 2.09. The molecule has 0 N–H and O–H groups in total. The van der Waals surface area contributed by atoms with Crippen LogP contribution < -0.4 is 0 Å². The molecule has 0 saturated heterocycles. The topological polar surface area (TPSA) is 17.1 Å². The predicted molar refractivity (Wildman–Crippen MR) is 57.0 cm³/mol. The zero-order valence-electron chi connectivity index (χ0n) is 6.39. The van der Waals surface area contributed by atoms with Gasteiger partial charge in [0.25, 0.3) is 0 Å². The summed E-state index contributed by atoms with van der Waals surface area (Å²) < 4.78 is 0.916. The fourth-order valence-corrected chi connectivity index (χ4v) is 1.97. The highest BCUT2D eigenvalue weighted by molar-refractivity contribution is 9.10. The van der Waals surface area contributed by atoms with Crippen LogP contribution in [0.2, 0.25) is 0 Å². The molecule has 1 aromatic carbocycles. The molecule has 0 aromatic heterocycles. The van der Waals surface area contributed by atoms with Gasteiger partial charge in [-0.05, 0) is 27.9 Å². The first-order valence-electron chi connectivity index (χ1n) is 3.58. The van der Waals surface area contributed by atoms with E-state index in [1.165, 1.54) is 0 Å². The van der Waals surface area contributed by atoms with Crippen molar-refractivity contribution in [3.8, 4) is 0 Å². The Morgan fingerprint density at radius 1 is 1.42 bits per heavy atom. The lowest BCUT2D eigenvalue weighted by molar-refractivity contribution is 0.112. The fourth-order valence-electron chi connectivity index (χ4n) is 0.986. The second-order valence-electron chi connectivity index (χ2n) is 2.38. The second kappa shape index (κ2) is 4.77. The summed E-state index contributed by atoms with van der Waals surface area (Å²) in [6, 6.07) is 5.71. The van der Waals surface area contributed by atoms with Crippen LogP contribution in [0.15, 0.2) is 22.7 Å². The van der Waals surface area contributed by atoms with E-state index < -0.39 is 0 Å². The molecule has 1 rings (SSSR count). The smallest absolute Gasteiger partial charge is 0.151 e. The Balaban J connectivity index is 3.04. The van der Waals surface area contributed by atoms with Crippen molar-refractivity contribution in [1.82, 2.24) is 0 Å². The third-order valence-electron chi connectivity index (χ3n) is 1.60. The van der Waals surface area contributed by atoms with Crippen LogP contribution in [0.5, 0.6) is 0 Å². The normalized spacial score (nSPS) is 9.83. The molecule has 0 saturated carbocycles. The summed E-state index contributed by atoms with van der Waals surface area (Å²) in [4.78, 5) is 10.5. The van der Waals surface area contributed by atoms with Crippen LogP contribution in [0.3, 0.4) is 0 Å². The monoisotopic (exact) mass is 290 g/mol. The van der Waals surface area contributed by atoms with E-state index in [4.69, 9.17) is 0 Å². The van der Waals surface area contributed by atoms with E-state index in [2.05, 4.69) is 31.9 Å². The lowest BCUT2D eigenvalue weighted by Crippen LogP contribution is -1.91. The molecule has 1 nitrogen and oxygen atoms in total. The van der Waals surface area contributed by atoms with E-state index in [1.54, 1.807) is 6.07 Å². The van der Waals surface area contributed by atoms with Gasteiger partial charge in [0.2, 0.25) is 0 Å². The van der Waals surface area contributed by atoms with Crippen molar-refractivity contribution in [1.29, 1.82) is 0 Å². The van der Waals surface area contributed by atoms with Gasteiger partial charge in [-0.2, -0.15) is 0 Å². The Bertz CT molecular complexity index is 284. The van der Waals surface area contributed by atoms with Gasteiger partial charge in [-0.15, -0.1) is 0 Å². The maximum Gasteiger partial charge on any atom is 0.151 e. The molecule has 0 fully saturated rings.